The number of rotatable bonds is 4. The van der Waals surface area contributed by atoms with Gasteiger partial charge in [0, 0.05) is 12.6 Å². The second-order valence-electron chi connectivity index (χ2n) is 3.89. The van der Waals surface area contributed by atoms with Crippen molar-refractivity contribution in [1.82, 2.24) is 10.3 Å². The molecule has 92 valence electrons. The first-order valence-electron chi connectivity index (χ1n) is 5.52. The molecule has 0 saturated heterocycles. The number of thiazole rings is 1. The fourth-order valence-electron chi connectivity index (χ4n) is 1.57. The number of benzene rings is 1. The van der Waals surface area contributed by atoms with Crippen LogP contribution >= 0.6 is 22.9 Å². The Balaban J connectivity index is 1.95. The lowest BCUT2D eigenvalue weighted by atomic mass is 10.1. The first kappa shape index (κ1) is 13.0. The molecular formula is C13H12ClN3S. The smallest absolute Gasteiger partial charge is 0.113 e. The predicted octanol–water partition coefficient (Wildman–Crippen LogP) is 3.52. The topological polar surface area (TPSA) is 48.7 Å². The molecule has 0 spiro atoms. The van der Waals surface area contributed by atoms with Gasteiger partial charge in [-0.15, -0.1) is 11.3 Å². The van der Waals surface area contributed by atoms with Gasteiger partial charge in [-0.05, 0) is 24.6 Å². The van der Waals surface area contributed by atoms with Crippen molar-refractivity contribution in [2.24, 2.45) is 0 Å². The van der Waals surface area contributed by atoms with Crippen LogP contribution in [0.15, 0.2) is 30.5 Å². The lowest BCUT2D eigenvalue weighted by molar-refractivity contribution is 0.573. The molecule has 0 aliphatic heterocycles. The highest BCUT2D eigenvalue weighted by Gasteiger charge is 2.06. The van der Waals surface area contributed by atoms with Crippen LogP contribution in [-0.2, 0) is 6.54 Å². The molecule has 0 aliphatic rings. The average molecular weight is 278 g/mol. The lowest BCUT2D eigenvalue weighted by Gasteiger charge is -2.13. The van der Waals surface area contributed by atoms with E-state index in [1.165, 1.54) is 11.3 Å². The number of hydrogen-bond donors (Lipinski definition) is 1. The van der Waals surface area contributed by atoms with Gasteiger partial charge in [0.25, 0.3) is 0 Å². The van der Waals surface area contributed by atoms with E-state index < -0.39 is 0 Å². The van der Waals surface area contributed by atoms with Crippen LogP contribution in [-0.4, -0.2) is 4.98 Å². The summed E-state index contributed by atoms with van der Waals surface area (Å²) in [6.45, 7) is 2.77. The van der Waals surface area contributed by atoms with Crippen molar-refractivity contribution >= 4 is 22.9 Å². The monoisotopic (exact) mass is 277 g/mol. The number of halogens is 1. The Hall–Kier alpha value is -1.41. The number of nitrogens with one attached hydrogen (secondary N) is 1. The van der Waals surface area contributed by atoms with E-state index in [1.54, 1.807) is 6.20 Å². The quantitative estimate of drug-likeness (QED) is 0.930. The molecule has 1 aromatic carbocycles. The van der Waals surface area contributed by atoms with Crippen molar-refractivity contribution in [3.05, 3.63) is 50.9 Å². The van der Waals surface area contributed by atoms with E-state index in [-0.39, 0.29) is 6.04 Å². The third-order valence-corrected chi connectivity index (χ3v) is 3.74. The van der Waals surface area contributed by atoms with Crippen LogP contribution in [0.25, 0.3) is 0 Å². The Morgan fingerprint density at radius 1 is 1.44 bits per heavy atom. The molecule has 5 heteroatoms. The zero-order valence-corrected chi connectivity index (χ0v) is 11.4. The Morgan fingerprint density at radius 2 is 2.17 bits per heavy atom. The summed E-state index contributed by atoms with van der Waals surface area (Å²) in [4.78, 5) is 4.19. The van der Waals surface area contributed by atoms with Gasteiger partial charge in [-0.3, -0.25) is 0 Å². The number of aromatic nitrogens is 1. The summed E-state index contributed by atoms with van der Waals surface area (Å²) < 4.78 is 0.706. The lowest BCUT2D eigenvalue weighted by Crippen LogP contribution is -2.17. The average Bonchev–Trinajstić information content (AvgIpc) is 2.82. The summed E-state index contributed by atoms with van der Waals surface area (Å²) in [6, 6.07) is 9.90. The van der Waals surface area contributed by atoms with Crippen molar-refractivity contribution in [2.75, 3.05) is 0 Å². The summed E-state index contributed by atoms with van der Waals surface area (Å²) in [6.07, 6.45) is 1.66. The van der Waals surface area contributed by atoms with Gasteiger partial charge in [-0.2, -0.15) is 5.26 Å². The molecule has 0 aliphatic carbocycles. The molecule has 0 fully saturated rings. The van der Waals surface area contributed by atoms with Gasteiger partial charge in [0.1, 0.15) is 9.34 Å². The molecular weight excluding hydrogens is 266 g/mol. The van der Waals surface area contributed by atoms with Crippen LogP contribution in [0.4, 0.5) is 0 Å². The van der Waals surface area contributed by atoms with Gasteiger partial charge in [-0.25, -0.2) is 4.98 Å². The third-order valence-electron chi connectivity index (χ3n) is 2.62. The normalized spacial score (nSPS) is 12.1. The van der Waals surface area contributed by atoms with Gasteiger partial charge in [0.15, 0.2) is 0 Å². The van der Waals surface area contributed by atoms with Gasteiger partial charge in [0.2, 0.25) is 0 Å². The van der Waals surface area contributed by atoms with Gasteiger partial charge >= 0.3 is 0 Å². The van der Waals surface area contributed by atoms with Crippen LogP contribution < -0.4 is 5.32 Å². The van der Waals surface area contributed by atoms with Crippen molar-refractivity contribution in [2.45, 2.75) is 19.5 Å². The van der Waals surface area contributed by atoms with E-state index in [2.05, 4.69) is 23.3 Å². The molecule has 2 rings (SSSR count). The third kappa shape index (κ3) is 3.30. The minimum absolute atomic E-state index is 0.209. The molecule has 0 amide bonds. The summed E-state index contributed by atoms with van der Waals surface area (Å²) in [5.41, 5.74) is 1.83. The predicted molar refractivity (Wildman–Crippen MR) is 73.5 cm³/mol. The Morgan fingerprint density at radius 3 is 2.72 bits per heavy atom. The zero-order chi connectivity index (χ0) is 13.0. The van der Waals surface area contributed by atoms with Crippen LogP contribution in [0.2, 0.25) is 4.34 Å². The van der Waals surface area contributed by atoms with Gasteiger partial charge in [-0.1, -0.05) is 23.7 Å². The molecule has 18 heavy (non-hydrogen) atoms. The number of hydrogen-bond acceptors (Lipinski definition) is 4. The molecule has 1 aromatic heterocycles. The van der Waals surface area contributed by atoms with Crippen molar-refractivity contribution in [1.29, 1.82) is 5.26 Å². The van der Waals surface area contributed by atoms with Gasteiger partial charge in [0.05, 0.1) is 17.8 Å². The molecule has 1 heterocycles. The summed E-state index contributed by atoms with van der Waals surface area (Å²) in [5, 5.41) is 13.1. The summed E-state index contributed by atoms with van der Waals surface area (Å²) >= 11 is 7.30. The maximum atomic E-state index is 8.74. The second kappa shape index (κ2) is 5.96. The van der Waals surface area contributed by atoms with E-state index in [1.807, 2.05) is 24.3 Å². The number of nitrogens with zero attached hydrogens (tertiary/aromatic N) is 2. The van der Waals surface area contributed by atoms with Crippen molar-refractivity contribution in [3.8, 4) is 6.07 Å². The van der Waals surface area contributed by atoms with Crippen molar-refractivity contribution < 1.29 is 0 Å². The van der Waals surface area contributed by atoms with E-state index >= 15 is 0 Å². The molecule has 0 saturated carbocycles. The standard InChI is InChI=1S/C13H12ClN3S/c1-9(11-4-2-10(6-15)3-5-11)16-8-13-17-7-12(14)18-13/h2-5,7,9,16H,8H2,1H3. The van der Waals surface area contributed by atoms with E-state index in [0.717, 1.165) is 10.6 Å². The first-order valence-corrected chi connectivity index (χ1v) is 6.72. The molecule has 3 nitrogen and oxygen atoms in total. The largest absolute Gasteiger partial charge is 0.304 e. The SMILES string of the molecule is CC(NCc1ncc(Cl)s1)c1ccc(C#N)cc1. The van der Waals surface area contributed by atoms with E-state index in [9.17, 15) is 0 Å². The zero-order valence-electron chi connectivity index (χ0n) is 9.85. The highest BCUT2D eigenvalue weighted by molar-refractivity contribution is 7.15. The molecule has 0 bridgehead atoms. The minimum Gasteiger partial charge on any atom is -0.304 e. The van der Waals surface area contributed by atoms with Crippen LogP contribution in [0, 0.1) is 11.3 Å². The molecule has 0 radical (unpaired) electrons. The van der Waals surface area contributed by atoms with Gasteiger partial charge < -0.3 is 5.32 Å². The maximum absolute atomic E-state index is 8.74. The molecule has 1 atom stereocenters. The fraction of sp³-hybridized carbons (Fsp3) is 0.231. The second-order valence-corrected chi connectivity index (χ2v) is 5.64. The van der Waals surface area contributed by atoms with E-state index in [0.29, 0.717) is 16.4 Å². The maximum Gasteiger partial charge on any atom is 0.113 e. The Kier molecular flexibility index (Phi) is 4.32. The highest BCUT2D eigenvalue weighted by atomic mass is 35.5. The highest BCUT2D eigenvalue weighted by Crippen LogP contribution is 2.19. The van der Waals surface area contributed by atoms with Crippen LogP contribution in [0.3, 0.4) is 0 Å². The molecule has 1 unspecified atom stereocenters. The Bertz CT molecular complexity index is 556. The Labute approximate surface area is 115 Å². The minimum atomic E-state index is 0.209. The van der Waals surface area contributed by atoms with Crippen LogP contribution in [0.5, 0.6) is 0 Å². The first-order chi connectivity index (χ1) is 8.69. The van der Waals surface area contributed by atoms with Crippen molar-refractivity contribution in [3.63, 3.8) is 0 Å². The fourth-order valence-corrected chi connectivity index (χ4v) is 2.48. The van der Waals surface area contributed by atoms with E-state index in [4.69, 9.17) is 16.9 Å². The summed E-state index contributed by atoms with van der Waals surface area (Å²) in [5.74, 6) is 0. The molecule has 2 aromatic rings. The number of nitriles is 1. The van der Waals surface area contributed by atoms with Crippen LogP contribution in [0.1, 0.15) is 29.1 Å². The summed E-state index contributed by atoms with van der Waals surface area (Å²) in [7, 11) is 0. The molecule has 1 N–H and O–H groups in total.